The topological polar surface area (TPSA) is 58.5 Å². The average Bonchev–Trinajstić information content (AvgIpc) is 2.79. The van der Waals surface area contributed by atoms with E-state index in [-0.39, 0.29) is 6.17 Å². The molecular weight excluding hydrogens is 394 g/mol. The quantitative estimate of drug-likeness (QED) is 0.169. The van der Waals surface area contributed by atoms with Gasteiger partial charge in [0.25, 0.3) is 0 Å². The van der Waals surface area contributed by atoms with Crippen LogP contribution in [-0.4, -0.2) is 55.2 Å². The van der Waals surface area contributed by atoms with Crippen molar-refractivity contribution in [1.82, 2.24) is 9.80 Å². The van der Waals surface area contributed by atoms with Crippen LogP contribution in [0.3, 0.4) is 0 Å². The van der Waals surface area contributed by atoms with Crippen LogP contribution in [0.1, 0.15) is 114 Å². The Morgan fingerprint density at radius 1 is 0.562 bits per heavy atom. The second-order valence-electron chi connectivity index (χ2n) is 9.94. The molecule has 32 heavy (non-hydrogen) atoms. The van der Waals surface area contributed by atoms with Crippen LogP contribution in [0, 0.1) is 23.7 Å². The molecule has 0 amide bonds. The Labute approximate surface area is 204 Å². The first-order chi connectivity index (χ1) is 15.2. The summed E-state index contributed by atoms with van der Waals surface area (Å²) in [4.78, 5) is 5.02. The lowest BCUT2D eigenvalue weighted by atomic mass is 9.85. The van der Waals surface area contributed by atoms with E-state index >= 15 is 0 Å². The molecule has 0 spiro atoms. The van der Waals surface area contributed by atoms with Gasteiger partial charge in [-0.1, -0.05) is 81.6 Å². The predicted molar refractivity (Wildman–Crippen MR) is 147 cm³/mol. The highest BCUT2D eigenvalue weighted by atomic mass is 15.8. The zero-order chi connectivity index (χ0) is 24.9. The van der Waals surface area contributed by atoms with Crippen molar-refractivity contribution >= 4 is 0 Å². The van der Waals surface area contributed by atoms with Crippen molar-refractivity contribution in [2.75, 3.05) is 39.3 Å². The van der Waals surface area contributed by atoms with Crippen LogP contribution in [-0.2, 0) is 0 Å². The summed E-state index contributed by atoms with van der Waals surface area (Å²) in [5.74, 6) is 3.29. The van der Waals surface area contributed by atoms with Crippen molar-refractivity contribution < 1.29 is 0 Å². The molecule has 0 aliphatic rings. The molecule has 4 nitrogen and oxygen atoms in total. The van der Waals surface area contributed by atoms with Gasteiger partial charge in [0.15, 0.2) is 0 Å². The molecule has 0 radical (unpaired) electrons. The van der Waals surface area contributed by atoms with Gasteiger partial charge in [-0.25, -0.2) is 0 Å². The number of nitrogens with zero attached hydrogens (tertiary/aromatic N) is 2. The van der Waals surface area contributed by atoms with E-state index < -0.39 is 0 Å². The average molecular weight is 459 g/mol. The Hall–Kier alpha value is -0.160. The fourth-order valence-corrected chi connectivity index (χ4v) is 5.07. The molecule has 0 fully saturated rings. The highest BCUT2D eigenvalue weighted by molar-refractivity contribution is 4.70. The van der Waals surface area contributed by atoms with Crippen LogP contribution in [0.2, 0.25) is 0 Å². The van der Waals surface area contributed by atoms with Crippen molar-refractivity contribution in [3.05, 3.63) is 0 Å². The van der Waals surface area contributed by atoms with E-state index in [9.17, 15) is 0 Å². The normalized spacial score (nSPS) is 14.7. The number of nitrogens with two attached hydrogens (primary N) is 2. The molecule has 0 aromatic carbocycles. The number of hydrogen-bond donors (Lipinski definition) is 2. The van der Waals surface area contributed by atoms with Crippen LogP contribution >= 0.6 is 0 Å². The molecule has 0 saturated heterocycles. The lowest BCUT2D eigenvalue weighted by Crippen LogP contribution is -2.34. The number of hydrogen-bond acceptors (Lipinski definition) is 4. The largest absolute Gasteiger partial charge is 0.316 e. The molecule has 0 aromatic heterocycles. The summed E-state index contributed by atoms with van der Waals surface area (Å²) in [6.07, 6.45) is 10.1. The van der Waals surface area contributed by atoms with Gasteiger partial charge >= 0.3 is 0 Å². The monoisotopic (exact) mass is 459 g/mol. The van der Waals surface area contributed by atoms with Gasteiger partial charge in [0.1, 0.15) is 0 Å². The van der Waals surface area contributed by atoms with E-state index in [1.807, 2.05) is 0 Å². The first-order valence-electron chi connectivity index (χ1n) is 14.2. The highest BCUT2D eigenvalue weighted by Gasteiger charge is 2.17. The summed E-state index contributed by atoms with van der Waals surface area (Å²) in [5.41, 5.74) is 11.4. The summed E-state index contributed by atoms with van der Waals surface area (Å²) in [5, 5.41) is 0. The van der Waals surface area contributed by atoms with E-state index in [2.05, 4.69) is 72.1 Å². The van der Waals surface area contributed by atoms with Crippen molar-refractivity contribution in [3.63, 3.8) is 0 Å². The van der Waals surface area contributed by atoms with Crippen LogP contribution in [0.5, 0.6) is 0 Å². The summed E-state index contributed by atoms with van der Waals surface area (Å²) < 4.78 is 0. The zero-order valence-corrected chi connectivity index (χ0v) is 23.8. The SMILES string of the molecule is CCC(CC(N)N)C(C)CCC[15N](CC)CC.CCC(CC)C(C)CCC[15N](CC)CC. The molecule has 0 aromatic rings. The molecule has 0 aliphatic heterocycles. The second kappa shape index (κ2) is 22.6. The smallest absolute Gasteiger partial charge is 0.0523 e. The van der Waals surface area contributed by atoms with Gasteiger partial charge in [0, 0.05) is 0 Å². The van der Waals surface area contributed by atoms with Gasteiger partial charge < -0.3 is 21.3 Å². The summed E-state index contributed by atoms with van der Waals surface area (Å²) >= 11 is 0. The van der Waals surface area contributed by atoms with Crippen molar-refractivity contribution in [2.45, 2.75) is 120 Å². The molecule has 0 bridgehead atoms. The molecule has 4 heteroatoms. The minimum absolute atomic E-state index is 0.148. The third-order valence-electron chi connectivity index (χ3n) is 7.81. The molecule has 4 N–H and O–H groups in total. The van der Waals surface area contributed by atoms with Gasteiger partial charge in [0.05, 0.1) is 6.17 Å². The minimum Gasteiger partial charge on any atom is -0.316 e. The van der Waals surface area contributed by atoms with Crippen LogP contribution in [0.15, 0.2) is 0 Å². The van der Waals surface area contributed by atoms with Crippen molar-refractivity contribution in [2.24, 2.45) is 35.1 Å². The van der Waals surface area contributed by atoms with Gasteiger partial charge in [0.2, 0.25) is 0 Å². The van der Waals surface area contributed by atoms with Crippen LogP contribution in [0.25, 0.3) is 0 Å². The van der Waals surface area contributed by atoms with E-state index in [4.69, 9.17) is 11.5 Å². The summed E-state index contributed by atoms with van der Waals surface area (Å²) in [7, 11) is 0. The van der Waals surface area contributed by atoms with Crippen molar-refractivity contribution in [3.8, 4) is 0 Å². The fraction of sp³-hybridized carbons (Fsp3) is 1.00. The molecular formula is C28H64N4. The zero-order valence-electron chi connectivity index (χ0n) is 23.8. The van der Waals surface area contributed by atoms with Gasteiger partial charge in [-0.15, -0.1) is 0 Å². The molecule has 0 saturated carbocycles. The molecule has 0 aliphatic carbocycles. The molecule has 3 atom stereocenters. The van der Waals surface area contributed by atoms with Gasteiger partial charge in [-0.2, -0.15) is 0 Å². The Kier molecular flexibility index (Phi) is 24.0. The molecule has 196 valence electrons. The first-order valence-corrected chi connectivity index (χ1v) is 14.2. The maximum absolute atomic E-state index is 5.70. The third-order valence-corrected chi connectivity index (χ3v) is 7.81. The van der Waals surface area contributed by atoms with Crippen molar-refractivity contribution in [1.29, 1.82) is 0 Å². The Balaban J connectivity index is 0. The number of rotatable bonds is 19. The lowest BCUT2D eigenvalue weighted by molar-refractivity contribution is 0.251. The Morgan fingerprint density at radius 2 is 0.906 bits per heavy atom. The first kappa shape index (κ1) is 34.0. The molecule has 0 rings (SSSR count). The van der Waals surface area contributed by atoms with E-state index in [1.165, 1.54) is 71.1 Å². The maximum Gasteiger partial charge on any atom is 0.0523 e. The molecule has 0 heterocycles. The van der Waals surface area contributed by atoms with E-state index in [0.29, 0.717) is 5.92 Å². The van der Waals surface area contributed by atoms with Gasteiger partial charge in [-0.05, 0) is 95.0 Å². The van der Waals surface area contributed by atoms with Crippen LogP contribution < -0.4 is 11.5 Å². The van der Waals surface area contributed by atoms with Gasteiger partial charge in [-0.3, -0.25) is 0 Å². The fourth-order valence-electron chi connectivity index (χ4n) is 5.07. The third kappa shape index (κ3) is 17.3. The van der Waals surface area contributed by atoms with Crippen LogP contribution in [0.4, 0.5) is 0 Å². The van der Waals surface area contributed by atoms with E-state index in [0.717, 1.165) is 37.3 Å². The molecule has 3 unspecified atom stereocenters. The summed E-state index contributed by atoms with van der Waals surface area (Å²) in [6, 6.07) is 0. The standard InChI is InChI=1S/C14H33N3.C14H31N/c1-5-13(11-14(15)16)12(4)9-8-10-17(6-2)7-3;1-6-14(7-2)13(5)11-10-12-15(8-3)9-4/h12-14H,5-11,15-16H2,1-4H3;13-14H,6-12H2,1-5H3/i17+1;15+1. The maximum atomic E-state index is 5.70. The lowest BCUT2D eigenvalue weighted by Gasteiger charge is -2.25. The highest BCUT2D eigenvalue weighted by Crippen LogP contribution is 2.24. The minimum atomic E-state index is -0.148. The van der Waals surface area contributed by atoms with E-state index in [1.54, 1.807) is 0 Å². The second-order valence-corrected chi connectivity index (χ2v) is 9.94. The Morgan fingerprint density at radius 3 is 1.19 bits per heavy atom. The summed E-state index contributed by atoms with van der Waals surface area (Å²) in [6.45, 7) is 27.9. The Bertz CT molecular complexity index is 362. The predicted octanol–water partition coefficient (Wildman–Crippen LogP) is 6.59.